The van der Waals surface area contributed by atoms with Gasteiger partial charge in [0.1, 0.15) is 5.75 Å². The van der Waals surface area contributed by atoms with Crippen LogP contribution in [-0.4, -0.2) is 45.2 Å². The number of thiazole rings is 1. The number of ether oxygens (including phenoxy) is 1. The molecule has 1 saturated heterocycles. The first-order valence-corrected chi connectivity index (χ1v) is 10.4. The quantitative estimate of drug-likeness (QED) is 0.586. The van der Waals surface area contributed by atoms with Crippen molar-refractivity contribution in [2.45, 2.75) is 13.3 Å². The number of anilines is 2. The molecule has 1 atom stereocenters. The summed E-state index contributed by atoms with van der Waals surface area (Å²) in [6, 6.07) is 7.24. The van der Waals surface area contributed by atoms with E-state index < -0.39 is 5.92 Å². The molecule has 1 aliphatic heterocycles. The molecule has 9 nitrogen and oxygen atoms in total. The molecule has 156 valence electrons. The molecule has 2 N–H and O–H groups in total. The Kier molecular flexibility index (Phi) is 5.39. The summed E-state index contributed by atoms with van der Waals surface area (Å²) < 4.78 is 7.48. The van der Waals surface area contributed by atoms with Crippen LogP contribution in [0.5, 0.6) is 5.75 Å². The molecule has 2 aromatic heterocycles. The van der Waals surface area contributed by atoms with Crippen molar-refractivity contribution in [3.05, 3.63) is 34.7 Å². The number of hydrogen-bond donors (Lipinski definition) is 2. The lowest BCUT2D eigenvalue weighted by Crippen LogP contribution is -2.28. The first-order valence-electron chi connectivity index (χ1n) is 9.22. The van der Waals surface area contributed by atoms with Crippen LogP contribution in [0.2, 0.25) is 0 Å². The highest BCUT2D eigenvalue weighted by molar-refractivity contribution is 7.71. The summed E-state index contributed by atoms with van der Waals surface area (Å²) in [6.45, 7) is 2.16. The first kappa shape index (κ1) is 20.2. The van der Waals surface area contributed by atoms with Crippen molar-refractivity contribution < 1.29 is 14.3 Å². The summed E-state index contributed by atoms with van der Waals surface area (Å²) in [5, 5.41) is 10.3. The van der Waals surface area contributed by atoms with E-state index >= 15 is 0 Å². The average Bonchev–Trinajstić information content (AvgIpc) is 3.39. The molecule has 0 spiro atoms. The van der Waals surface area contributed by atoms with E-state index in [9.17, 15) is 9.59 Å². The Hall–Kier alpha value is -3.05. The topological polar surface area (TPSA) is 105 Å². The van der Waals surface area contributed by atoms with E-state index in [2.05, 4.69) is 20.5 Å². The van der Waals surface area contributed by atoms with Crippen LogP contribution in [0.4, 0.5) is 10.8 Å². The van der Waals surface area contributed by atoms with Crippen LogP contribution in [0.1, 0.15) is 12.1 Å². The number of amides is 2. The van der Waals surface area contributed by atoms with Gasteiger partial charge in [0.05, 0.1) is 23.6 Å². The fourth-order valence-corrected chi connectivity index (χ4v) is 4.45. The van der Waals surface area contributed by atoms with E-state index in [1.165, 1.54) is 11.3 Å². The maximum absolute atomic E-state index is 12.8. The van der Waals surface area contributed by atoms with Crippen molar-refractivity contribution >= 4 is 46.2 Å². The zero-order valence-corrected chi connectivity index (χ0v) is 18.3. The molecule has 0 bridgehead atoms. The predicted molar refractivity (Wildman–Crippen MR) is 116 cm³/mol. The summed E-state index contributed by atoms with van der Waals surface area (Å²) in [6.07, 6.45) is 0.147. The Labute approximate surface area is 181 Å². The number of benzene rings is 1. The minimum absolute atomic E-state index is 0.0964. The predicted octanol–water partition coefficient (Wildman–Crippen LogP) is 2.91. The largest absolute Gasteiger partial charge is 0.497 e. The van der Waals surface area contributed by atoms with Crippen LogP contribution in [0.25, 0.3) is 10.7 Å². The molecule has 1 aliphatic rings. The number of methoxy groups -OCH3 is 1. The maximum atomic E-state index is 12.8. The molecule has 2 amide bonds. The fraction of sp³-hybridized carbons (Fsp3) is 0.316. The molecular weight excluding hydrogens is 424 g/mol. The van der Waals surface area contributed by atoms with Gasteiger partial charge >= 0.3 is 0 Å². The van der Waals surface area contributed by atoms with Gasteiger partial charge in [-0.05, 0) is 31.3 Å². The number of hydrogen-bond acceptors (Lipinski definition) is 7. The Morgan fingerprint density at radius 1 is 1.43 bits per heavy atom. The molecule has 0 radical (unpaired) electrons. The van der Waals surface area contributed by atoms with Crippen LogP contribution >= 0.6 is 23.6 Å². The van der Waals surface area contributed by atoms with Gasteiger partial charge in [0.2, 0.25) is 11.8 Å². The summed E-state index contributed by atoms with van der Waals surface area (Å²) in [4.78, 5) is 32.2. The molecule has 3 heterocycles. The van der Waals surface area contributed by atoms with Gasteiger partial charge in [0.15, 0.2) is 15.7 Å². The van der Waals surface area contributed by atoms with E-state index in [1.807, 2.05) is 32.2 Å². The van der Waals surface area contributed by atoms with Crippen LogP contribution in [0.15, 0.2) is 24.3 Å². The third kappa shape index (κ3) is 3.73. The first-order chi connectivity index (χ1) is 14.4. The highest BCUT2D eigenvalue weighted by Gasteiger charge is 2.35. The highest BCUT2D eigenvalue weighted by Crippen LogP contribution is 2.33. The Morgan fingerprint density at radius 2 is 2.23 bits per heavy atom. The monoisotopic (exact) mass is 444 g/mol. The van der Waals surface area contributed by atoms with Gasteiger partial charge in [0.25, 0.3) is 0 Å². The zero-order valence-electron chi connectivity index (χ0n) is 16.6. The number of aromatic amines is 1. The maximum Gasteiger partial charge on any atom is 0.231 e. The number of rotatable bonds is 5. The number of carbonyl (C=O) groups excluding carboxylic acids is 2. The number of H-pyrrole nitrogens is 1. The van der Waals surface area contributed by atoms with Crippen LogP contribution in [-0.2, 0) is 16.6 Å². The summed E-state index contributed by atoms with van der Waals surface area (Å²) >= 11 is 6.48. The molecule has 0 saturated carbocycles. The van der Waals surface area contributed by atoms with Crippen molar-refractivity contribution in [3.8, 4) is 16.5 Å². The molecule has 0 aliphatic carbocycles. The van der Waals surface area contributed by atoms with Crippen LogP contribution in [0.3, 0.4) is 0 Å². The van der Waals surface area contributed by atoms with E-state index in [-0.39, 0.29) is 18.2 Å². The van der Waals surface area contributed by atoms with Gasteiger partial charge in [-0.1, -0.05) is 17.4 Å². The van der Waals surface area contributed by atoms with E-state index in [1.54, 1.807) is 22.6 Å². The fourth-order valence-electron chi connectivity index (χ4n) is 3.33. The smallest absolute Gasteiger partial charge is 0.231 e. The Bertz CT molecular complexity index is 1180. The van der Waals surface area contributed by atoms with E-state index in [0.717, 1.165) is 10.6 Å². The lowest BCUT2D eigenvalue weighted by molar-refractivity contribution is -0.122. The van der Waals surface area contributed by atoms with Gasteiger partial charge < -0.3 is 19.5 Å². The summed E-state index contributed by atoms with van der Waals surface area (Å²) in [7, 11) is 3.39. The van der Waals surface area contributed by atoms with E-state index in [0.29, 0.717) is 33.7 Å². The van der Waals surface area contributed by atoms with Gasteiger partial charge in [0, 0.05) is 31.8 Å². The number of aromatic nitrogens is 4. The second kappa shape index (κ2) is 8.00. The van der Waals surface area contributed by atoms with Gasteiger partial charge in [-0.25, -0.2) is 4.98 Å². The van der Waals surface area contributed by atoms with Gasteiger partial charge in [-0.2, -0.15) is 5.10 Å². The third-order valence-electron chi connectivity index (χ3n) is 4.97. The highest BCUT2D eigenvalue weighted by atomic mass is 32.1. The molecule has 3 aromatic rings. The van der Waals surface area contributed by atoms with Gasteiger partial charge in [-0.15, -0.1) is 0 Å². The minimum atomic E-state index is -0.461. The second-order valence-corrected chi connectivity index (χ2v) is 8.33. The lowest BCUT2D eigenvalue weighted by Gasteiger charge is -2.17. The number of nitrogens with one attached hydrogen (secondary N) is 2. The molecule has 0 unspecified atom stereocenters. The van der Waals surface area contributed by atoms with Crippen molar-refractivity contribution in [3.63, 3.8) is 0 Å². The average molecular weight is 445 g/mol. The van der Waals surface area contributed by atoms with Crippen LogP contribution in [0, 0.1) is 17.6 Å². The minimum Gasteiger partial charge on any atom is -0.497 e. The lowest BCUT2D eigenvalue weighted by atomic mass is 10.1. The summed E-state index contributed by atoms with van der Waals surface area (Å²) in [5.41, 5.74) is 1.46. The Morgan fingerprint density at radius 3 is 2.93 bits per heavy atom. The molecule has 1 aromatic carbocycles. The SMILES string of the molecule is COc1cccc(N2C[C@@H](C(=O)Nc3nc(C)c(-c4n[nH]c(=S)n4C)s3)CC2=O)c1. The van der Waals surface area contributed by atoms with Crippen molar-refractivity contribution in [1.29, 1.82) is 0 Å². The normalized spacial score (nSPS) is 16.2. The number of carbonyl (C=O) groups is 2. The zero-order chi connectivity index (χ0) is 21.4. The van der Waals surface area contributed by atoms with Crippen molar-refractivity contribution in [1.82, 2.24) is 19.7 Å². The Balaban J connectivity index is 1.48. The number of aryl methyl sites for hydroxylation is 1. The van der Waals surface area contributed by atoms with Crippen molar-refractivity contribution in [2.75, 3.05) is 23.9 Å². The standard InChI is InChI=1S/C19H20N6O3S2/c1-10-15(16-22-23-19(29)24(16)2)30-18(20-10)21-17(27)11-7-14(26)25(9-11)12-5-4-6-13(8-12)28-3/h4-6,8,11H,7,9H2,1-3H3,(H,23,29)(H,20,21,27)/t11-/m0/s1. The van der Waals surface area contributed by atoms with Gasteiger partial charge in [-0.3, -0.25) is 14.7 Å². The molecular formula is C19H20N6O3S2. The molecule has 1 fully saturated rings. The summed E-state index contributed by atoms with van der Waals surface area (Å²) in [5.74, 6) is 0.533. The molecule has 11 heteroatoms. The van der Waals surface area contributed by atoms with Crippen LogP contribution < -0.4 is 15.0 Å². The third-order valence-corrected chi connectivity index (χ3v) is 6.40. The molecule has 4 rings (SSSR count). The second-order valence-electron chi connectivity index (χ2n) is 6.94. The van der Waals surface area contributed by atoms with E-state index in [4.69, 9.17) is 17.0 Å². The molecule has 30 heavy (non-hydrogen) atoms. The van der Waals surface area contributed by atoms with Crippen molar-refractivity contribution in [2.24, 2.45) is 13.0 Å². The number of nitrogens with zero attached hydrogens (tertiary/aromatic N) is 4.